The maximum atomic E-state index is 11.0. The first kappa shape index (κ1) is 15.3. The van der Waals surface area contributed by atoms with E-state index in [9.17, 15) is 5.11 Å². The molecule has 0 amide bonds. The zero-order chi connectivity index (χ0) is 14.8. The monoisotopic (exact) mass is 279 g/mol. The third kappa shape index (κ3) is 3.30. The summed E-state index contributed by atoms with van der Waals surface area (Å²) in [5, 5.41) is 11.0. The Morgan fingerprint density at radius 3 is 2.85 bits per heavy atom. The Balaban J connectivity index is 2.25. The molecule has 1 aromatic rings. The van der Waals surface area contributed by atoms with Gasteiger partial charge in [0, 0.05) is 24.6 Å². The number of aliphatic hydroxyl groups is 1. The van der Waals surface area contributed by atoms with E-state index in [0.717, 1.165) is 12.0 Å². The molecule has 0 aromatic carbocycles. The molecule has 1 aromatic heterocycles. The van der Waals surface area contributed by atoms with Gasteiger partial charge in [-0.3, -0.25) is 4.98 Å². The molecule has 1 aliphatic heterocycles. The van der Waals surface area contributed by atoms with Crippen LogP contribution < -0.4 is 4.74 Å². The van der Waals surface area contributed by atoms with E-state index in [2.05, 4.69) is 18.8 Å². The van der Waals surface area contributed by atoms with E-state index in [1.54, 1.807) is 12.4 Å². The number of aromatic nitrogens is 1. The van der Waals surface area contributed by atoms with Crippen LogP contribution in [-0.2, 0) is 10.3 Å². The van der Waals surface area contributed by atoms with Gasteiger partial charge in [0.25, 0.3) is 0 Å². The van der Waals surface area contributed by atoms with Crippen LogP contribution in [0.2, 0.25) is 0 Å². The molecular weight excluding hydrogens is 254 g/mol. The van der Waals surface area contributed by atoms with Crippen molar-refractivity contribution in [2.75, 3.05) is 6.61 Å². The second kappa shape index (κ2) is 5.70. The molecule has 4 nitrogen and oxygen atoms in total. The lowest BCUT2D eigenvalue weighted by Gasteiger charge is -2.43. The molecule has 2 rings (SSSR count). The molecule has 20 heavy (non-hydrogen) atoms. The highest BCUT2D eigenvalue weighted by Gasteiger charge is 2.42. The zero-order valence-corrected chi connectivity index (χ0v) is 12.8. The Morgan fingerprint density at radius 2 is 2.20 bits per heavy atom. The van der Waals surface area contributed by atoms with Crippen LogP contribution in [0.3, 0.4) is 0 Å². The van der Waals surface area contributed by atoms with E-state index in [0.29, 0.717) is 25.2 Å². The molecule has 0 radical (unpaired) electrons. The van der Waals surface area contributed by atoms with E-state index in [-0.39, 0.29) is 11.7 Å². The highest BCUT2D eigenvalue weighted by atomic mass is 16.5. The maximum absolute atomic E-state index is 11.0. The Labute approximate surface area is 121 Å². The molecule has 2 heterocycles. The van der Waals surface area contributed by atoms with Crippen LogP contribution in [0.5, 0.6) is 5.75 Å². The molecule has 0 bridgehead atoms. The number of hydrogen-bond donors (Lipinski definition) is 1. The van der Waals surface area contributed by atoms with Crippen molar-refractivity contribution in [1.82, 2.24) is 4.98 Å². The minimum atomic E-state index is -0.883. The van der Waals surface area contributed by atoms with Crippen molar-refractivity contribution >= 4 is 0 Å². The number of rotatable bonds is 4. The SMILES string of the molecule is CCC1(C)CC(O)(c2cncc(OC(C)C)c2)CCO1. The van der Waals surface area contributed by atoms with Gasteiger partial charge in [-0.1, -0.05) is 6.92 Å². The van der Waals surface area contributed by atoms with E-state index < -0.39 is 5.60 Å². The Hall–Kier alpha value is -1.13. The van der Waals surface area contributed by atoms with Gasteiger partial charge in [0.15, 0.2) is 0 Å². The van der Waals surface area contributed by atoms with Gasteiger partial charge in [-0.2, -0.15) is 0 Å². The lowest BCUT2D eigenvalue weighted by molar-refractivity contribution is -0.157. The van der Waals surface area contributed by atoms with Crippen LogP contribution in [0.4, 0.5) is 0 Å². The summed E-state index contributed by atoms with van der Waals surface area (Å²) in [5.74, 6) is 0.704. The molecule has 0 saturated carbocycles. The summed E-state index contributed by atoms with van der Waals surface area (Å²) in [5.41, 5.74) is -0.340. The number of pyridine rings is 1. The average molecular weight is 279 g/mol. The van der Waals surface area contributed by atoms with Gasteiger partial charge in [-0.05, 0) is 33.3 Å². The fourth-order valence-electron chi connectivity index (χ4n) is 2.71. The number of nitrogens with zero attached hydrogens (tertiary/aromatic N) is 1. The van der Waals surface area contributed by atoms with Gasteiger partial charge >= 0.3 is 0 Å². The number of hydrogen-bond acceptors (Lipinski definition) is 4. The van der Waals surface area contributed by atoms with Gasteiger partial charge in [-0.15, -0.1) is 0 Å². The van der Waals surface area contributed by atoms with Gasteiger partial charge in [-0.25, -0.2) is 0 Å². The van der Waals surface area contributed by atoms with E-state index >= 15 is 0 Å². The lowest BCUT2D eigenvalue weighted by atomic mass is 9.78. The highest BCUT2D eigenvalue weighted by Crippen LogP contribution is 2.41. The highest BCUT2D eigenvalue weighted by molar-refractivity contribution is 5.29. The summed E-state index contributed by atoms with van der Waals surface area (Å²) in [7, 11) is 0. The van der Waals surface area contributed by atoms with Crippen LogP contribution in [0.1, 0.15) is 52.5 Å². The predicted octanol–water partition coefficient (Wildman–Crippen LogP) is 3.04. The average Bonchev–Trinajstić information content (AvgIpc) is 2.38. The Bertz CT molecular complexity index is 463. The molecule has 1 fully saturated rings. The van der Waals surface area contributed by atoms with Crippen molar-refractivity contribution in [3.8, 4) is 5.75 Å². The van der Waals surface area contributed by atoms with Crippen molar-refractivity contribution in [1.29, 1.82) is 0 Å². The molecule has 2 atom stereocenters. The molecular formula is C16H25NO3. The summed E-state index contributed by atoms with van der Waals surface area (Å²) in [6.07, 6.45) is 5.57. The van der Waals surface area contributed by atoms with Crippen LogP contribution in [0.25, 0.3) is 0 Å². The first-order valence-electron chi connectivity index (χ1n) is 7.35. The van der Waals surface area contributed by atoms with Gasteiger partial charge < -0.3 is 14.6 Å². The molecule has 2 unspecified atom stereocenters. The molecule has 1 aliphatic rings. The van der Waals surface area contributed by atoms with Crippen molar-refractivity contribution in [2.45, 2.75) is 64.3 Å². The summed E-state index contributed by atoms with van der Waals surface area (Å²) in [6, 6.07) is 1.90. The van der Waals surface area contributed by atoms with Crippen molar-refractivity contribution in [2.24, 2.45) is 0 Å². The second-order valence-electron chi connectivity index (χ2n) is 6.19. The molecule has 4 heteroatoms. The minimum absolute atomic E-state index is 0.0947. The van der Waals surface area contributed by atoms with E-state index in [1.165, 1.54) is 0 Å². The smallest absolute Gasteiger partial charge is 0.138 e. The third-order valence-corrected chi connectivity index (χ3v) is 4.00. The molecule has 1 N–H and O–H groups in total. The summed E-state index contributed by atoms with van der Waals surface area (Å²) >= 11 is 0. The molecule has 1 saturated heterocycles. The third-order valence-electron chi connectivity index (χ3n) is 4.00. The summed E-state index contributed by atoms with van der Waals surface area (Å²) < 4.78 is 11.5. The van der Waals surface area contributed by atoms with Crippen LogP contribution in [-0.4, -0.2) is 28.4 Å². The van der Waals surface area contributed by atoms with Crippen LogP contribution >= 0.6 is 0 Å². The predicted molar refractivity (Wildman–Crippen MR) is 77.8 cm³/mol. The summed E-state index contributed by atoms with van der Waals surface area (Å²) in [6.45, 7) is 8.66. The fraction of sp³-hybridized carbons (Fsp3) is 0.688. The minimum Gasteiger partial charge on any atom is -0.489 e. The molecule has 0 spiro atoms. The normalized spacial score (nSPS) is 30.5. The lowest BCUT2D eigenvalue weighted by Crippen LogP contribution is -2.45. The van der Waals surface area contributed by atoms with Crippen molar-refractivity contribution in [3.05, 3.63) is 24.0 Å². The van der Waals surface area contributed by atoms with E-state index in [4.69, 9.17) is 9.47 Å². The Kier molecular flexibility index (Phi) is 4.35. The van der Waals surface area contributed by atoms with E-state index in [1.807, 2.05) is 19.9 Å². The zero-order valence-electron chi connectivity index (χ0n) is 12.8. The number of ether oxygens (including phenoxy) is 2. The van der Waals surface area contributed by atoms with Gasteiger partial charge in [0.2, 0.25) is 0 Å². The van der Waals surface area contributed by atoms with Gasteiger partial charge in [0.05, 0.1) is 30.1 Å². The molecule has 112 valence electrons. The van der Waals surface area contributed by atoms with Crippen molar-refractivity contribution in [3.63, 3.8) is 0 Å². The van der Waals surface area contributed by atoms with Crippen molar-refractivity contribution < 1.29 is 14.6 Å². The first-order valence-corrected chi connectivity index (χ1v) is 7.35. The Morgan fingerprint density at radius 1 is 1.45 bits per heavy atom. The quantitative estimate of drug-likeness (QED) is 0.920. The fourth-order valence-corrected chi connectivity index (χ4v) is 2.71. The maximum Gasteiger partial charge on any atom is 0.138 e. The first-order chi connectivity index (χ1) is 9.37. The largest absolute Gasteiger partial charge is 0.489 e. The van der Waals surface area contributed by atoms with Gasteiger partial charge in [0.1, 0.15) is 5.75 Å². The topological polar surface area (TPSA) is 51.6 Å². The standard InChI is InChI=1S/C16H25NO3/c1-5-15(4)11-16(18,6-7-19-15)13-8-14(10-17-9-13)20-12(2)3/h8-10,12,18H,5-7,11H2,1-4H3. The second-order valence-corrected chi connectivity index (χ2v) is 6.19. The van der Waals surface area contributed by atoms with Crippen LogP contribution in [0.15, 0.2) is 18.5 Å². The molecule has 0 aliphatic carbocycles. The summed E-state index contributed by atoms with van der Waals surface area (Å²) in [4.78, 5) is 4.21. The van der Waals surface area contributed by atoms with Crippen LogP contribution in [0, 0.1) is 0 Å².